The number of benzene rings is 1. The minimum Gasteiger partial charge on any atom is -0.449 e. The molecule has 30 heavy (non-hydrogen) atoms. The van der Waals surface area contributed by atoms with E-state index in [0.29, 0.717) is 29.3 Å². The van der Waals surface area contributed by atoms with Crippen LogP contribution in [0.4, 0.5) is 0 Å². The first-order valence-corrected chi connectivity index (χ1v) is 10.9. The second-order valence-electron chi connectivity index (χ2n) is 8.75. The Morgan fingerprint density at radius 2 is 2.03 bits per heavy atom. The number of carbonyl (C=O) groups excluding carboxylic acids is 2. The highest BCUT2D eigenvalue weighted by Gasteiger charge is 2.30. The molecule has 160 valence electrons. The molecular formula is C23H29N3O4. The highest BCUT2D eigenvalue weighted by atomic mass is 16.5. The lowest BCUT2D eigenvalue weighted by Gasteiger charge is -2.35. The van der Waals surface area contributed by atoms with Gasteiger partial charge in [-0.05, 0) is 49.8 Å². The van der Waals surface area contributed by atoms with Gasteiger partial charge in [-0.2, -0.15) is 0 Å². The Labute approximate surface area is 175 Å². The van der Waals surface area contributed by atoms with Gasteiger partial charge >= 0.3 is 5.97 Å². The highest BCUT2D eigenvalue weighted by Crippen LogP contribution is 2.29. The van der Waals surface area contributed by atoms with Crippen LogP contribution in [0, 0.1) is 11.8 Å². The number of hydrogen-bond acceptors (Lipinski definition) is 5. The maximum atomic E-state index is 12.6. The van der Waals surface area contributed by atoms with E-state index in [9.17, 15) is 14.4 Å². The molecule has 1 amide bonds. The predicted octanol–water partition coefficient (Wildman–Crippen LogP) is 2.83. The standard InChI is InChI=1S/C23H29N3O4/c1-13-6-4-7-18(14(13)2)25-21(27)15(3)30-23(29)16-9-10-17-19(12-16)24-20-8-5-11-26(20)22(17)28/h9-10,12-15,18H,4-8,11H2,1-3H3,(H,25,27)/t13-,14-,15-,18-/m1/s1. The van der Waals surface area contributed by atoms with Crippen molar-refractivity contribution in [3.63, 3.8) is 0 Å². The van der Waals surface area contributed by atoms with E-state index in [2.05, 4.69) is 24.1 Å². The summed E-state index contributed by atoms with van der Waals surface area (Å²) < 4.78 is 7.11. The van der Waals surface area contributed by atoms with Crippen LogP contribution in [0.25, 0.3) is 10.9 Å². The molecule has 2 aromatic rings. The third-order valence-corrected chi connectivity index (χ3v) is 6.74. The number of nitrogens with one attached hydrogen (secondary N) is 1. The number of aryl methyl sites for hydroxylation is 1. The van der Waals surface area contributed by atoms with Crippen LogP contribution >= 0.6 is 0 Å². The number of ether oxygens (including phenoxy) is 1. The molecule has 0 unspecified atom stereocenters. The van der Waals surface area contributed by atoms with Gasteiger partial charge in [0.15, 0.2) is 6.10 Å². The van der Waals surface area contributed by atoms with Crippen LogP contribution in [0.1, 0.15) is 62.6 Å². The lowest BCUT2D eigenvalue weighted by molar-refractivity contribution is -0.130. The van der Waals surface area contributed by atoms with Gasteiger partial charge in [0.2, 0.25) is 0 Å². The molecule has 1 aromatic heterocycles. The van der Waals surface area contributed by atoms with Crippen molar-refractivity contribution in [2.75, 3.05) is 0 Å². The van der Waals surface area contributed by atoms with Crippen LogP contribution in [0.3, 0.4) is 0 Å². The van der Waals surface area contributed by atoms with Gasteiger partial charge in [0, 0.05) is 19.0 Å². The van der Waals surface area contributed by atoms with E-state index in [4.69, 9.17) is 4.74 Å². The van der Waals surface area contributed by atoms with Gasteiger partial charge in [-0.1, -0.05) is 26.7 Å². The third kappa shape index (κ3) is 3.85. The summed E-state index contributed by atoms with van der Waals surface area (Å²) in [7, 11) is 0. The summed E-state index contributed by atoms with van der Waals surface area (Å²) in [5.41, 5.74) is 0.706. The first-order chi connectivity index (χ1) is 14.3. The SMILES string of the molecule is C[C@@H]1[C@H](C)CCC[C@H]1NC(=O)[C@@H](C)OC(=O)c1ccc2c(=O)n3c(nc2c1)CCC3. The zero-order valence-corrected chi connectivity index (χ0v) is 17.8. The van der Waals surface area contributed by atoms with Crippen molar-refractivity contribution in [1.29, 1.82) is 0 Å². The summed E-state index contributed by atoms with van der Waals surface area (Å²) in [5.74, 6) is 0.855. The van der Waals surface area contributed by atoms with E-state index in [0.717, 1.165) is 31.5 Å². The molecule has 4 rings (SSSR count). The normalized spacial score (nSPS) is 24.3. The number of nitrogens with zero attached hydrogens (tertiary/aromatic N) is 2. The minimum absolute atomic E-state index is 0.0732. The number of fused-ring (bicyclic) bond motifs is 2. The third-order valence-electron chi connectivity index (χ3n) is 6.74. The maximum absolute atomic E-state index is 12.6. The van der Waals surface area contributed by atoms with E-state index in [1.54, 1.807) is 29.7 Å². The van der Waals surface area contributed by atoms with E-state index in [-0.39, 0.29) is 23.1 Å². The molecule has 1 N–H and O–H groups in total. The number of esters is 1. The lowest BCUT2D eigenvalue weighted by Crippen LogP contribution is -2.47. The Morgan fingerprint density at radius 1 is 1.23 bits per heavy atom. The van der Waals surface area contributed by atoms with Crippen molar-refractivity contribution >= 4 is 22.8 Å². The van der Waals surface area contributed by atoms with Gasteiger partial charge in [0.05, 0.1) is 16.5 Å². The molecule has 7 heteroatoms. The van der Waals surface area contributed by atoms with Crippen LogP contribution in [0.5, 0.6) is 0 Å². The molecular weight excluding hydrogens is 382 g/mol. The fourth-order valence-corrected chi connectivity index (χ4v) is 4.58. The molecule has 0 saturated heterocycles. The molecule has 4 atom stereocenters. The van der Waals surface area contributed by atoms with Crippen molar-refractivity contribution in [1.82, 2.24) is 14.9 Å². The Hall–Kier alpha value is -2.70. The van der Waals surface area contributed by atoms with E-state index in [1.807, 2.05) is 0 Å². The molecule has 1 aliphatic heterocycles. The first kappa shape index (κ1) is 20.6. The molecule has 0 bridgehead atoms. The molecule has 7 nitrogen and oxygen atoms in total. The van der Waals surface area contributed by atoms with Crippen LogP contribution in [-0.2, 0) is 22.5 Å². The first-order valence-electron chi connectivity index (χ1n) is 10.9. The van der Waals surface area contributed by atoms with Crippen LogP contribution < -0.4 is 10.9 Å². The summed E-state index contributed by atoms with van der Waals surface area (Å²) in [6.07, 6.45) is 4.00. The molecule has 1 aromatic carbocycles. The second-order valence-corrected chi connectivity index (χ2v) is 8.75. The molecule has 1 aliphatic carbocycles. The maximum Gasteiger partial charge on any atom is 0.338 e. The number of aromatic nitrogens is 2. The van der Waals surface area contributed by atoms with Crippen LogP contribution in [0.15, 0.2) is 23.0 Å². The summed E-state index contributed by atoms with van der Waals surface area (Å²) in [6, 6.07) is 4.86. The van der Waals surface area contributed by atoms with E-state index in [1.165, 1.54) is 6.42 Å². The monoisotopic (exact) mass is 411 g/mol. The van der Waals surface area contributed by atoms with Gasteiger partial charge in [0.25, 0.3) is 11.5 Å². The van der Waals surface area contributed by atoms with Crippen molar-refractivity contribution < 1.29 is 14.3 Å². The van der Waals surface area contributed by atoms with Gasteiger partial charge in [0.1, 0.15) is 5.82 Å². The van der Waals surface area contributed by atoms with Crippen molar-refractivity contribution in [2.24, 2.45) is 11.8 Å². The molecule has 2 heterocycles. The Kier molecular flexibility index (Phi) is 5.62. The van der Waals surface area contributed by atoms with Gasteiger partial charge in [-0.25, -0.2) is 9.78 Å². The van der Waals surface area contributed by atoms with Crippen molar-refractivity contribution in [2.45, 2.75) is 71.6 Å². The van der Waals surface area contributed by atoms with Crippen LogP contribution in [-0.4, -0.2) is 33.6 Å². The summed E-state index contributed by atoms with van der Waals surface area (Å²) >= 11 is 0. The van der Waals surface area contributed by atoms with Crippen LogP contribution in [0.2, 0.25) is 0 Å². The quantitative estimate of drug-likeness (QED) is 0.782. The highest BCUT2D eigenvalue weighted by molar-refractivity contribution is 5.95. The molecule has 2 aliphatic rings. The number of rotatable bonds is 4. The predicted molar refractivity (Wildman–Crippen MR) is 113 cm³/mol. The summed E-state index contributed by atoms with van der Waals surface area (Å²) in [5, 5.41) is 3.54. The fraction of sp³-hybridized carbons (Fsp3) is 0.565. The summed E-state index contributed by atoms with van der Waals surface area (Å²) in [4.78, 5) is 42.3. The Balaban J connectivity index is 1.45. The van der Waals surface area contributed by atoms with E-state index >= 15 is 0 Å². The molecule has 1 fully saturated rings. The fourth-order valence-electron chi connectivity index (χ4n) is 4.58. The minimum atomic E-state index is -0.892. The molecule has 1 saturated carbocycles. The Bertz CT molecular complexity index is 1040. The number of carbonyl (C=O) groups is 2. The largest absolute Gasteiger partial charge is 0.449 e. The van der Waals surface area contributed by atoms with Gasteiger partial charge < -0.3 is 10.1 Å². The average Bonchev–Trinajstić information content (AvgIpc) is 3.19. The topological polar surface area (TPSA) is 90.3 Å². The van der Waals surface area contributed by atoms with Crippen molar-refractivity contribution in [3.8, 4) is 0 Å². The van der Waals surface area contributed by atoms with Gasteiger partial charge in [-0.3, -0.25) is 14.2 Å². The number of amides is 1. The van der Waals surface area contributed by atoms with Crippen molar-refractivity contribution in [3.05, 3.63) is 39.9 Å². The molecule has 0 spiro atoms. The zero-order chi connectivity index (χ0) is 21.4. The summed E-state index contributed by atoms with van der Waals surface area (Å²) in [6.45, 7) is 6.64. The zero-order valence-electron chi connectivity index (χ0n) is 17.8. The average molecular weight is 412 g/mol. The Morgan fingerprint density at radius 3 is 2.83 bits per heavy atom. The number of hydrogen-bond donors (Lipinski definition) is 1. The second kappa shape index (κ2) is 8.20. The van der Waals surface area contributed by atoms with E-state index < -0.39 is 12.1 Å². The van der Waals surface area contributed by atoms with Gasteiger partial charge in [-0.15, -0.1) is 0 Å². The lowest BCUT2D eigenvalue weighted by atomic mass is 9.78. The molecule has 0 radical (unpaired) electrons. The smallest absolute Gasteiger partial charge is 0.338 e.